The van der Waals surface area contributed by atoms with Crippen LogP contribution in [0.1, 0.15) is 38.3 Å². The molecule has 0 radical (unpaired) electrons. The van der Waals surface area contributed by atoms with Gasteiger partial charge in [0.05, 0.1) is 5.75 Å². The summed E-state index contributed by atoms with van der Waals surface area (Å²) in [5, 5.41) is 2.95. The van der Waals surface area contributed by atoms with E-state index in [1.807, 2.05) is 44.2 Å². The minimum Gasteiger partial charge on any atom is -0.352 e. The van der Waals surface area contributed by atoms with Crippen LogP contribution in [0.2, 0.25) is 0 Å². The summed E-state index contributed by atoms with van der Waals surface area (Å²) >= 11 is 1.35. The van der Waals surface area contributed by atoms with Crippen molar-refractivity contribution < 1.29 is 14.0 Å². The van der Waals surface area contributed by atoms with E-state index in [9.17, 15) is 14.0 Å². The molecule has 0 aliphatic rings. The standard InChI is InChI=1S/C23H29FN2O2S/c1-4-17(2)25-23(28)18(3)26(14-19-10-6-5-7-11-19)22(27)16-29-15-20-12-8-9-13-21(20)24/h5-13,17-18H,4,14-16H2,1-3H3,(H,25,28)/t17-,18-/m1/s1. The number of carbonyl (C=O) groups excluding carboxylic acids is 2. The maximum atomic E-state index is 13.8. The van der Waals surface area contributed by atoms with E-state index in [2.05, 4.69) is 5.32 Å². The molecule has 0 saturated carbocycles. The number of halogens is 1. The minimum atomic E-state index is -0.592. The summed E-state index contributed by atoms with van der Waals surface area (Å²) in [4.78, 5) is 27.2. The molecule has 0 heterocycles. The lowest BCUT2D eigenvalue weighted by Crippen LogP contribution is -2.50. The monoisotopic (exact) mass is 416 g/mol. The SMILES string of the molecule is CC[C@@H](C)NC(=O)[C@@H](C)N(Cc1ccccc1)C(=O)CSCc1ccccc1F. The average molecular weight is 417 g/mol. The van der Waals surface area contributed by atoms with Gasteiger partial charge in [-0.1, -0.05) is 55.5 Å². The molecule has 29 heavy (non-hydrogen) atoms. The Morgan fingerprint density at radius 1 is 1.07 bits per heavy atom. The molecule has 156 valence electrons. The van der Waals surface area contributed by atoms with Gasteiger partial charge in [-0.25, -0.2) is 4.39 Å². The third-order valence-electron chi connectivity index (χ3n) is 4.81. The van der Waals surface area contributed by atoms with Crippen molar-refractivity contribution in [1.29, 1.82) is 0 Å². The van der Waals surface area contributed by atoms with E-state index in [1.165, 1.54) is 17.8 Å². The van der Waals surface area contributed by atoms with E-state index in [1.54, 1.807) is 30.0 Å². The summed E-state index contributed by atoms with van der Waals surface area (Å²) in [5.74, 6) is 0.0206. The van der Waals surface area contributed by atoms with Gasteiger partial charge in [0.1, 0.15) is 11.9 Å². The second kappa shape index (κ2) is 11.6. The smallest absolute Gasteiger partial charge is 0.242 e. The number of rotatable bonds is 10. The van der Waals surface area contributed by atoms with E-state index >= 15 is 0 Å². The summed E-state index contributed by atoms with van der Waals surface area (Å²) in [5.41, 5.74) is 1.53. The fraction of sp³-hybridized carbons (Fsp3) is 0.391. The first-order valence-corrected chi connectivity index (χ1v) is 11.0. The van der Waals surface area contributed by atoms with Gasteiger partial charge in [0.15, 0.2) is 0 Å². The van der Waals surface area contributed by atoms with Crippen molar-refractivity contribution in [2.45, 2.75) is 51.6 Å². The molecule has 2 rings (SSSR count). The van der Waals surface area contributed by atoms with Crippen LogP contribution in [0, 0.1) is 5.82 Å². The molecule has 0 aliphatic heterocycles. The van der Waals surface area contributed by atoms with Gasteiger partial charge >= 0.3 is 0 Å². The molecule has 0 unspecified atom stereocenters. The Balaban J connectivity index is 2.05. The molecular formula is C23H29FN2O2S. The Morgan fingerprint density at radius 3 is 2.38 bits per heavy atom. The number of nitrogens with one attached hydrogen (secondary N) is 1. The third-order valence-corrected chi connectivity index (χ3v) is 5.77. The van der Waals surface area contributed by atoms with E-state index in [0.29, 0.717) is 17.9 Å². The maximum absolute atomic E-state index is 13.8. The molecule has 2 aromatic rings. The molecule has 0 fully saturated rings. The molecule has 0 spiro atoms. The van der Waals surface area contributed by atoms with Gasteiger partial charge in [0.25, 0.3) is 0 Å². The minimum absolute atomic E-state index is 0.0501. The van der Waals surface area contributed by atoms with Gasteiger partial charge in [-0.2, -0.15) is 0 Å². The van der Waals surface area contributed by atoms with E-state index in [-0.39, 0.29) is 29.4 Å². The van der Waals surface area contributed by atoms with Gasteiger partial charge in [0, 0.05) is 18.3 Å². The van der Waals surface area contributed by atoms with Crippen molar-refractivity contribution in [3.05, 3.63) is 71.5 Å². The lowest BCUT2D eigenvalue weighted by molar-refractivity contribution is -0.138. The number of thioether (sulfide) groups is 1. The third kappa shape index (κ3) is 7.20. The Kier molecular flexibility index (Phi) is 9.19. The van der Waals surface area contributed by atoms with E-state index in [4.69, 9.17) is 0 Å². The second-order valence-corrected chi connectivity index (χ2v) is 8.07. The molecule has 0 aliphatic carbocycles. The van der Waals surface area contributed by atoms with Crippen LogP contribution in [0.4, 0.5) is 4.39 Å². The summed E-state index contributed by atoms with van der Waals surface area (Å²) in [6, 6.07) is 15.6. The summed E-state index contributed by atoms with van der Waals surface area (Å²) in [7, 11) is 0. The second-order valence-electron chi connectivity index (χ2n) is 7.09. The Bertz CT molecular complexity index is 800. The molecule has 2 atom stereocenters. The molecule has 1 N–H and O–H groups in total. The highest BCUT2D eigenvalue weighted by Crippen LogP contribution is 2.18. The highest BCUT2D eigenvalue weighted by molar-refractivity contribution is 7.99. The zero-order valence-corrected chi connectivity index (χ0v) is 18.0. The summed E-state index contributed by atoms with van der Waals surface area (Å²) in [6.45, 7) is 6.05. The van der Waals surface area contributed by atoms with Crippen LogP contribution in [-0.2, 0) is 21.9 Å². The normalized spacial score (nSPS) is 12.8. The van der Waals surface area contributed by atoms with E-state index in [0.717, 1.165) is 12.0 Å². The highest BCUT2D eigenvalue weighted by Gasteiger charge is 2.26. The predicted octanol–water partition coefficient (Wildman–Crippen LogP) is 4.39. The van der Waals surface area contributed by atoms with Crippen LogP contribution in [0.15, 0.2) is 54.6 Å². The highest BCUT2D eigenvalue weighted by atomic mass is 32.2. The van der Waals surface area contributed by atoms with Crippen molar-refractivity contribution in [2.24, 2.45) is 0 Å². The number of nitrogens with zero attached hydrogens (tertiary/aromatic N) is 1. The number of amides is 2. The van der Waals surface area contributed by atoms with Crippen LogP contribution in [0.3, 0.4) is 0 Å². The number of hydrogen-bond acceptors (Lipinski definition) is 3. The van der Waals surface area contributed by atoms with Gasteiger partial charge < -0.3 is 10.2 Å². The molecule has 6 heteroatoms. The summed E-state index contributed by atoms with van der Waals surface area (Å²) < 4.78 is 13.8. The fourth-order valence-electron chi connectivity index (χ4n) is 2.77. The van der Waals surface area contributed by atoms with Crippen LogP contribution in [0.25, 0.3) is 0 Å². The first-order chi connectivity index (χ1) is 13.9. The topological polar surface area (TPSA) is 49.4 Å². The Morgan fingerprint density at radius 2 is 1.72 bits per heavy atom. The largest absolute Gasteiger partial charge is 0.352 e. The van der Waals surface area contributed by atoms with Crippen molar-refractivity contribution in [3.8, 4) is 0 Å². The number of carbonyl (C=O) groups is 2. The molecule has 2 aromatic carbocycles. The molecule has 0 saturated heterocycles. The van der Waals surface area contributed by atoms with Crippen LogP contribution in [0.5, 0.6) is 0 Å². The Hall–Kier alpha value is -2.34. The lowest BCUT2D eigenvalue weighted by atomic mass is 10.1. The molecule has 0 aromatic heterocycles. The van der Waals surface area contributed by atoms with E-state index < -0.39 is 6.04 Å². The molecule has 2 amide bonds. The number of hydrogen-bond donors (Lipinski definition) is 1. The van der Waals surface area contributed by atoms with Crippen molar-refractivity contribution >= 4 is 23.6 Å². The lowest BCUT2D eigenvalue weighted by Gasteiger charge is -2.29. The van der Waals surface area contributed by atoms with Gasteiger partial charge in [-0.3, -0.25) is 9.59 Å². The fourth-order valence-corrected chi connectivity index (χ4v) is 3.67. The van der Waals surface area contributed by atoms with Gasteiger partial charge in [0.2, 0.25) is 11.8 Å². The van der Waals surface area contributed by atoms with Gasteiger partial charge in [-0.15, -0.1) is 11.8 Å². The number of benzene rings is 2. The van der Waals surface area contributed by atoms with Crippen molar-refractivity contribution in [3.63, 3.8) is 0 Å². The van der Waals surface area contributed by atoms with Crippen molar-refractivity contribution in [2.75, 3.05) is 5.75 Å². The summed E-state index contributed by atoms with van der Waals surface area (Å²) in [6.07, 6.45) is 0.823. The first kappa shape index (κ1) is 22.9. The van der Waals surface area contributed by atoms with Crippen LogP contribution >= 0.6 is 11.8 Å². The zero-order chi connectivity index (χ0) is 21.2. The Labute approximate surface area is 176 Å². The predicted molar refractivity (Wildman–Crippen MR) is 117 cm³/mol. The average Bonchev–Trinajstić information content (AvgIpc) is 2.73. The molecular weight excluding hydrogens is 387 g/mol. The first-order valence-electron chi connectivity index (χ1n) is 9.87. The quantitative estimate of drug-likeness (QED) is 0.625. The molecule has 4 nitrogen and oxygen atoms in total. The van der Waals surface area contributed by atoms with Crippen LogP contribution < -0.4 is 5.32 Å². The zero-order valence-electron chi connectivity index (χ0n) is 17.2. The van der Waals surface area contributed by atoms with Gasteiger partial charge in [-0.05, 0) is 37.5 Å². The van der Waals surface area contributed by atoms with Crippen LogP contribution in [-0.4, -0.2) is 34.6 Å². The van der Waals surface area contributed by atoms with Crippen molar-refractivity contribution in [1.82, 2.24) is 10.2 Å². The molecule has 0 bridgehead atoms. The maximum Gasteiger partial charge on any atom is 0.242 e.